The number of halogens is 1. The second-order valence-corrected chi connectivity index (χ2v) is 7.49. The Labute approximate surface area is 176 Å². The van der Waals surface area contributed by atoms with E-state index >= 15 is 0 Å². The molecule has 1 N–H and O–H groups in total. The van der Waals surface area contributed by atoms with Gasteiger partial charge in [-0.15, -0.1) is 0 Å². The summed E-state index contributed by atoms with van der Waals surface area (Å²) >= 11 is 3.47. The summed E-state index contributed by atoms with van der Waals surface area (Å²) in [5, 5.41) is 7.59. The van der Waals surface area contributed by atoms with Crippen LogP contribution in [0.2, 0.25) is 0 Å². The zero-order chi connectivity index (χ0) is 20.4. The van der Waals surface area contributed by atoms with Gasteiger partial charge < -0.3 is 10.1 Å². The fraction of sp³-hybridized carbons (Fsp3) is 0.136. The third kappa shape index (κ3) is 3.79. The van der Waals surface area contributed by atoms with Crippen LogP contribution in [0.25, 0.3) is 16.8 Å². The number of nitrogens with one attached hydrogen (secondary N) is 1. The Hall–Kier alpha value is -3.03. The molecule has 2 heterocycles. The molecule has 7 heteroatoms. The zero-order valence-corrected chi connectivity index (χ0v) is 17.6. The van der Waals surface area contributed by atoms with E-state index in [4.69, 9.17) is 4.74 Å². The van der Waals surface area contributed by atoms with Crippen LogP contribution in [0.5, 0.6) is 0 Å². The standard InChI is InChI=1S/C22H19BrN4O2/c1-14-18(22(28)25-17-6-4-3-5-7-17)12-24-21-20(15-8-10-16(23)11-9-15)19(13-29-2)26-27(14)21/h3-12H,13H2,1-2H3,(H,25,28). The van der Waals surface area contributed by atoms with Crippen LogP contribution in [-0.2, 0) is 11.3 Å². The molecule has 2 aromatic heterocycles. The Bertz CT molecular complexity index is 1170. The third-order valence-electron chi connectivity index (χ3n) is 4.65. The first-order valence-electron chi connectivity index (χ1n) is 9.07. The minimum absolute atomic E-state index is 0.225. The Morgan fingerprint density at radius 2 is 1.86 bits per heavy atom. The van der Waals surface area contributed by atoms with Gasteiger partial charge in [-0.2, -0.15) is 5.10 Å². The van der Waals surface area contributed by atoms with Gasteiger partial charge in [0.25, 0.3) is 5.91 Å². The molecule has 0 atom stereocenters. The van der Waals surface area contributed by atoms with E-state index in [1.54, 1.807) is 17.8 Å². The SMILES string of the molecule is COCc1nn2c(C)c(C(=O)Nc3ccccc3)cnc2c1-c1ccc(Br)cc1. The van der Waals surface area contributed by atoms with Crippen LogP contribution in [0.3, 0.4) is 0 Å². The number of nitrogens with zero attached hydrogens (tertiary/aromatic N) is 3. The Kier molecular flexibility index (Phi) is 5.42. The molecule has 4 aromatic rings. The van der Waals surface area contributed by atoms with Crippen LogP contribution in [0.4, 0.5) is 5.69 Å². The number of anilines is 1. The van der Waals surface area contributed by atoms with Gasteiger partial charge in [-0.3, -0.25) is 4.79 Å². The van der Waals surface area contributed by atoms with Gasteiger partial charge in [0.15, 0.2) is 5.65 Å². The molecule has 0 bridgehead atoms. The van der Waals surface area contributed by atoms with E-state index in [2.05, 4.69) is 31.3 Å². The highest BCUT2D eigenvalue weighted by Crippen LogP contribution is 2.30. The first kappa shape index (κ1) is 19.3. The zero-order valence-electron chi connectivity index (χ0n) is 16.0. The third-order valence-corrected chi connectivity index (χ3v) is 5.18. The number of carbonyl (C=O) groups is 1. The molecule has 0 fully saturated rings. The predicted octanol–water partition coefficient (Wildman–Crippen LogP) is 4.87. The van der Waals surface area contributed by atoms with Crippen molar-refractivity contribution in [1.29, 1.82) is 0 Å². The topological polar surface area (TPSA) is 68.5 Å². The minimum Gasteiger partial charge on any atom is -0.378 e. The Morgan fingerprint density at radius 1 is 1.14 bits per heavy atom. The molecule has 4 rings (SSSR count). The van der Waals surface area contributed by atoms with Gasteiger partial charge in [0, 0.05) is 23.5 Å². The molecule has 146 valence electrons. The van der Waals surface area contributed by atoms with E-state index < -0.39 is 0 Å². The summed E-state index contributed by atoms with van der Waals surface area (Å²) in [5.74, 6) is -0.225. The van der Waals surface area contributed by atoms with E-state index in [0.717, 1.165) is 27.0 Å². The number of amides is 1. The van der Waals surface area contributed by atoms with Gasteiger partial charge in [-0.05, 0) is 36.8 Å². The first-order valence-corrected chi connectivity index (χ1v) is 9.86. The number of benzene rings is 2. The average Bonchev–Trinajstić information content (AvgIpc) is 3.09. The molecule has 0 aliphatic rings. The van der Waals surface area contributed by atoms with Crippen molar-refractivity contribution in [1.82, 2.24) is 14.6 Å². The lowest BCUT2D eigenvalue weighted by molar-refractivity contribution is 0.102. The molecule has 0 saturated carbocycles. The number of aromatic nitrogens is 3. The summed E-state index contributed by atoms with van der Waals surface area (Å²) in [7, 11) is 1.63. The second-order valence-electron chi connectivity index (χ2n) is 6.57. The molecule has 0 saturated heterocycles. The van der Waals surface area contributed by atoms with Crippen molar-refractivity contribution >= 4 is 33.2 Å². The smallest absolute Gasteiger partial charge is 0.259 e. The summed E-state index contributed by atoms with van der Waals surface area (Å²) in [4.78, 5) is 17.4. The predicted molar refractivity (Wildman–Crippen MR) is 116 cm³/mol. The van der Waals surface area contributed by atoms with Gasteiger partial charge in [0.05, 0.1) is 29.1 Å². The number of hydrogen-bond donors (Lipinski definition) is 1. The summed E-state index contributed by atoms with van der Waals surface area (Å²) < 4.78 is 8.06. The minimum atomic E-state index is -0.225. The van der Waals surface area contributed by atoms with Gasteiger partial charge in [0.1, 0.15) is 0 Å². The largest absolute Gasteiger partial charge is 0.378 e. The van der Waals surface area contributed by atoms with Gasteiger partial charge in [0.2, 0.25) is 0 Å². The molecule has 6 nitrogen and oxygen atoms in total. The first-order chi connectivity index (χ1) is 14.1. The van der Waals surface area contributed by atoms with Crippen LogP contribution in [-0.4, -0.2) is 27.6 Å². The molecule has 0 aliphatic heterocycles. The molecule has 0 radical (unpaired) electrons. The lowest BCUT2D eigenvalue weighted by atomic mass is 10.1. The average molecular weight is 451 g/mol. The molecule has 2 aromatic carbocycles. The van der Waals surface area contributed by atoms with Crippen molar-refractivity contribution in [2.75, 3.05) is 12.4 Å². The number of hydrogen-bond acceptors (Lipinski definition) is 4. The fourth-order valence-corrected chi connectivity index (χ4v) is 3.50. The maximum absolute atomic E-state index is 12.8. The monoisotopic (exact) mass is 450 g/mol. The van der Waals surface area contributed by atoms with E-state index in [1.807, 2.05) is 61.5 Å². The highest BCUT2D eigenvalue weighted by Gasteiger charge is 2.20. The summed E-state index contributed by atoms with van der Waals surface area (Å²) in [6, 6.07) is 17.3. The Balaban J connectivity index is 1.80. The number of rotatable bonds is 5. The van der Waals surface area contributed by atoms with E-state index in [9.17, 15) is 4.79 Å². The van der Waals surface area contributed by atoms with Crippen LogP contribution in [0, 0.1) is 6.92 Å². The van der Waals surface area contributed by atoms with Crippen LogP contribution in [0.15, 0.2) is 65.3 Å². The maximum Gasteiger partial charge on any atom is 0.259 e. The summed E-state index contributed by atoms with van der Waals surface area (Å²) in [5.41, 5.74) is 5.26. The summed E-state index contributed by atoms with van der Waals surface area (Å²) in [6.45, 7) is 2.21. The molecular weight excluding hydrogens is 432 g/mol. The number of methoxy groups -OCH3 is 1. The van der Waals surface area contributed by atoms with Crippen molar-refractivity contribution in [2.45, 2.75) is 13.5 Å². The van der Waals surface area contributed by atoms with Crippen LogP contribution >= 0.6 is 15.9 Å². The number of carbonyl (C=O) groups excluding carboxylic acids is 1. The number of ether oxygens (including phenoxy) is 1. The number of aryl methyl sites for hydroxylation is 1. The number of para-hydroxylation sites is 1. The molecular formula is C22H19BrN4O2. The van der Waals surface area contributed by atoms with Gasteiger partial charge in [-0.1, -0.05) is 46.3 Å². The van der Waals surface area contributed by atoms with Crippen molar-refractivity contribution < 1.29 is 9.53 Å². The fourth-order valence-electron chi connectivity index (χ4n) is 3.23. The molecule has 0 unspecified atom stereocenters. The number of fused-ring (bicyclic) bond motifs is 1. The quantitative estimate of drug-likeness (QED) is 0.470. The van der Waals surface area contributed by atoms with Crippen LogP contribution < -0.4 is 5.32 Å². The second kappa shape index (κ2) is 8.14. The molecule has 0 spiro atoms. The van der Waals surface area contributed by atoms with Gasteiger partial charge in [-0.25, -0.2) is 9.50 Å². The molecule has 0 aliphatic carbocycles. The maximum atomic E-state index is 12.8. The Morgan fingerprint density at radius 3 is 2.55 bits per heavy atom. The lowest BCUT2D eigenvalue weighted by Crippen LogP contribution is -2.16. The van der Waals surface area contributed by atoms with E-state index in [0.29, 0.717) is 23.5 Å². The van der Waals surface area contributed by atoms with Crippen molar-refractivity contribution in [3.05, 3.63) is 82.2 Å². The molecule has 29 heavy (non-hydrogen) atoms. The summed E-state index contributed by atoms with van der Waals surface area (Å²) in [6.07, 6.45) is 1.60. The van der Waals surface area contributed by atoms with Crippen LogP contribution in [0.1, 0.15) is 21.7 Å². The highest BCUT2D eigenvalue weighted by molar-refractivity contribution is 9.10. The van der Waals surface area contributed by atoms with Crippen molar-refractivity contribution in [2.24, 2.45) is 0 Å². The van der Waals surface area contributed by atoms with Crippen molar-refractivity contribution in [3.8, 4) is 11.1 Å². The lowest BCUT2D eigenvalue weighted by Gasteiger charge is -2.09. The van der Waals surface area contributed by atoms with E-state index in [1.165, 1.54) is 0 Å². The highest BCUT2D eigenvalue weighted by atomic mass is 79.9. The van der Waals surface area contributed by atoms with E-state index in [-0.39, 0.29) is 5.91 Å². The van der Waals surface area contributed by atoms with Crippen molar-refractivity contribution in [3.63, 3.8) is 0 Å². The molecule has 1 amide bonds. The normalized spacial score (nSPS) is 11.0. The van der Waals surface area contributed by atoms with Gasteiger partial charge >= 0.3 is 0 Å².